The van der Waals surface area contributed by atoms with Gasteiger partial charge in [0.15, 0.2) is 6.54 Å². The quantitative estimate of drug-likeness (QED) is 0.136. The lowest BCUT2D eigenvalue weighted by Gasteiger charge is -2.32. The number of nitrogens with zero attached hydrogens (tertiary/aromatic N) is 5. The van der Waals surface area contributed by atoms with Crippen LogP contribution >= 0.6 is 0 Å². The summed E-state index contributed by atoms with van der Waals surface area (Å²) in [4.78, 5) is 26.5. The van der Waals surface area contributed by atoms with Crippen LogP contribution in [-0.2, 0) is 11.3 Å². The van der Waals surface area contributed by atoms with Gasteiger partial charge >= 0.3 is 5.95 Å². The van der Waals surface area contributed by atoms with Crippen LogP contribution in [-0.4, -0.2) is 72.4 Å². The van der Waals surface area contributed by atoms with Crippen molar-refractivity contribution in [1.29, 1.82) is 0 Å². The average molecular weight is 441 g/mol. The van der Waals surface area contributed by atoms with E-state index in [9.17, 15) is 14.9 Å². The largest absolute Gasteiger partial charge is 0.435 e. The third kappa shape index (κ3) is 7.61. The Balaban J connectivity index is 2.91. The summed E-state index contributed by atoms with van der Waals surface area (Å²) in [7, 11) is 0. The summed E-state index contributed by atoms with van der Waals surface area (Å²) in [5, 5.41) is 44.9. The SMILES string of the molecule is C/C(=N\O)C(C)(C)NCC(CNC(C)(C)/C(C)=N/O)NC(=O)Cn1ccnc1[N+](=O)[O-]. The van der Waals surface area contributed by atoms with Crippen molar-refractivity contribution < 1.29 is 20.1 Å². The van der Waals surface area contributed by atoms with E-state index in [1.165, 1.54) is 12.4 Å². The molecule has 0 bridgehead atoms. The summed E-state index contributed by atoms with van der Waals surface area (Å²) in [5.41, 5.74) is -0.358. The second kappa shape index (κ2) is 10.8. The predicted octanol–water partition coefficient (Wildman–Crippen LogP) is 0.713. The van der Waals surface area contributed by atoms with Gasteiger partial charge in [0.25, 0.3) is 5.91 Å². The number of carbonyl (C=O) groups is 1. The van der Waals surface area contributed by atoms with E-state index in [0.29, 0.717) is 24.5 Å². The number of hydrogen-bond acceptors (Lipinski definition) is 10. The molecule has 13 nitrogen and oxygen atoms in total. The molecule has 5 N–H and O–H groups in total. The number of aromatic nitrogens is 2. The van der Waals surface area contributed by atoms with Gasteiger partial charge in [0.2, 0.25) is 0 Å². The Labute approximate surface area is 180 Å². The zero-order valence-electron chi connectivity index (χ0n) is 18.7. The summed E-state index contributed by atoms with van der Waals surface area (Å²) in [5.74, 6) is -0.861. The zero-order valence-corrected chi connectivity index (χ0v) is 18.7. The molecule has 0 radical (unpaired) electrons. The van der Waals surface area contributed by atoms with Crippen molar-refractivity contribution in [3.05, 3.63) is 22.5 Å². The molecular weight excluding hydrogens is 408 g/mol. The maximum atomic E-state index is 12.6. The van der Waals surface area contributed by atoms with Crippen molar-refractivity contribution >= 4 is 23.3 Å². The smallest absolute Gasteiger partial charge is 0.411 e. The molecule has 1 amide bonds. The number of nitro groups is 1. The molecule has 0 fully saturated rings. The second-order valence-corrected chi connectivity index (χ2v) is 8.26. The number of oxime groups is 2. The lowest BCUT2D eigenvalue weighted by atomic mass is 9.98. The van der Waals surface area contributed by atoms with Gasteiger partial charge < -0.3 is 36.5 Å². The first-order valence-electron chi connectivity index (χ1n) is 9.67. The molecule has 1 heterocycles. The van der Waals surface area contributed by atoms with Gasteiger partial charge in [0, 0.05) is 13.1 Å². The van der Waals surface area contributed by atoms with Gasteiger partial charge in [-0.2, -0.15) is 0 Å². The molecule has 1 rings (SSSR count). The summed E-state index contributed by atoms with van der Waals surface area (Å²) in [6.45, 7) is 11.0. The molecular formula is C18H32N8O5. The monoisotopic (exact) mass is 440 g/mol. The van der Waals surface area contributed by atoms with Crippen molar-refractivity contribution in [2.45, 2.75) is 65.2 Å². The van der Waals surface area contributed by atoms with Crippen LogP contribution in [0.1, 0.15) is 41.5 Å². The van der Waals surface area contributed by atoms with E-state index in [0.717, 1.165) is 4.57 Å². The molecule has 0 saturated carbocycles. The lowest BCUT2D eigenvalue weighted by Crippen LogP contribution is -2.58. The van der Waals surface area contributed by atoms with Gasteiger partial charge in [0.05, 0.1) is 28.5 Å². The van der Waals surface area contributed by atoms with Crippen LogP contribution in [0.3, 0.4) is 0 Å². The Bertz CT molecular complexity index is 797. The number of rotatable bonds is 12. The van der Waals surface area contributed by atoms with Crippen LogP contribution in [0.15, 0.2) is 22.7 Å². The highest BCUT2D eigenvalue weighted by Crippen LogP contribution is 2.09. The molecule has 0 spiro atoms. The zero-order chi connectivity index (χ0) is 23.8. The minimum absolute atomic E-state index is 0.270. The van der Waals surface area contributed by atoms with Crippen molar-refractivity contribution in [3.8, 4) is 0 Å². The maximum absolute atomic E-state index is 12.6. The predicted molar refractivity (Wildman–Crippen MR) is 115 cm³/mol. The number of hydrogen-bond donors (Lipinski definition) is 5. The minimum atomic E-state index is -0.660. The molecule has 174 valence electrons. The van der Waals surface area contributed by atoms with E-state index in [2.05, 4.69) is 31.2 Å². The fourth-order valence-electron chi connectivity index (χ4n) is 2.46. The number of amides is 1. The molecule has 13 heteroatoms. The fraction of sp³-hybridized carbons (Fsp3) is 0.667. The summed E-state index contributed by atoms with van der Waals surface area (Å²) in [6, 6.07) is -0.438. The molecule has 0 aromatic carbocycles. The van der Waals surface area contributed by atoms with Gasteiger partial charge in [-0.05, 0) is 46.5 Å². The molecule has 1 aromatic heterocycles. The van der Waals surface area contributed by atoms with Crippen LogP contribution < -0.4 is 16.0 Å². The molecule has 0 unspecified atom stereocenters. The van der Waals surface area contributed by atoms with E-state index in [1.807, 2.05) is 27.7 Å². The Morgan fingerprint density at radius 2 is 1.65 bits per heavy atom. The van der Waals surface area contributed by atoms with Crippen molar-refractivity contribution in [3.63, 3.8) is 0 Å². The molecule has 31 heavy (non-hydrogen) atoms. The second-order valence-electron chi connectivity index (χ2n) is 8.26. The third-order valence-corrected chi connectivity index (χ3v) is 5.23. The first-order chi connectivity index (χ1) is 14.3. The molecule has 0 aliphatic carbocycles. The standard InChI is InChI=1S/C18H32N8O5/c1-12(23-28)17(3,4)20-9-14(10-21-18(5,6)13(2)24-29)22-15(27)11-25-8-7-19-16(25)26(30)31/h7-8,14,20-21,28-29H,9-11H2,1-6H3,(H,22,27)/b23-12+,24-13+. The van der Waals surface area contributed by atoms with Crippen molar-refractivity contribution in [1.82, 2.24) is 25.5 Å². The molecule has 0 saturated heterocycles. The highest BCUT2D eigenvalue weighted by Gasteiger charge is 2.27. The normalized spacial score (nSPS) is 14.4. The molecule has 0 atom stereocenters. The Kier molecular flexibility index (Phi) is 9.06. The van der Waals surface area contributed by atoms with Gasteiger partial charge in [0.1, 0.15) is 12.4 Å². The lowest BCUT2D eigenvalue weighted by molar-refractivity contribution is -0.396. The first-order valence-corrected chi connectivity index (χ1v) is 9.67. The van der Waals surface area contributed by atoms with Crippen LogP contribution in [0.25, 0.3) is 0 Å². The Morgan fingerprint density at radius 3 is 2.06 bits per heavy atom. The van der Waals surface area contributed by atoms with Crippen LogP contribution in [0.4, 0.5) is 5.95 Å². The van der Waals surface area contributed by atoms with Crippen molar-refractivity contribution in [2.75, 3.05) is 13.1 Å². The third-order valence-electron chi connectivity index (χ3n) is 5.23. The fourth-order valence-corrected chi connectivity index (χ4v) is 2.46. The highest BCUT2D eigenvalue weighted by atomic mass is 16.6. The topological polar surface area (TPSA) is 179 Å². The molecule has 0 aliphatic heterocycles. The minimum Gasteiger partial charge on any atom is -0.411 e. The van der Waals surface area contributed by atoms with Gasteiger partial charge in [-0.15, -0.1) is 0 Å². The van der Waals surface area contributed by atoms with E-state index < -0.39 is 33.9 Å². The Hall–Kier alpha value is -3.06. The highest BCUT2D eigenvalue weighted by molar-refractivity contribution is 5.90. The molecule has 0 aliphatic rings. The van der Waals surface area contributed by atoms with Crippen LogP contribution in [0.5, 0.6) is 0 Å². The molecule has 1 aromatic rings. The van der Waals surface area contributed by atoms with Crippen LogP contribution in [0.2, 0.25) is 0 Å². The average Bonchev–Trinajstić information content (AvgIpc) is 3.16. The summed E-state index contributed by atoms with van der Waals surface area (Å²) < 4.78 is 1.15. The first kappa shape index (κ1) is 26.0. The van der Waals surface area contributed by atoms with E-state index in [4.69, 9.17) is 10.4 Å². The van der Waals surface area contributed by atoms with Gasteiger partial charge in [-0.25, -0.2) is 4.57 Å². The van der Waals surface area contributed by atoms with Gasteiger partial charge in [-0.3, -0.25) is 4.79 Å². The number of nitrogens with one attached hydrogen (secondary N) is 3. The van der Waals surface area contributed by atoms with E-state index in [-0.39, 0.29) is 6.54 Å². The maximum Gasteiger partial charge on any atom is 0.435 e. The van der Waals surface area contributed by atoms with E-state index in [1.54, 1.807) is 13.8 Å². The number of carbonyl (C=O) groups excluding carboxylic acids is 1. The van der Waals surface area contributed by atoms with Crippen LogP contribution in [0, 0.1) is 10.1 Å². The van der Waals surface area contributed by atoms with E-state index >= 15 is 0 Å². The summed E-state index contributed by atoms with van der Waals surface area (Å²) in [6.07, 6.45) is 2.61. The number of imidazole rings is 1. The van der Waals surface area contributed by atoms with Crippen molar-refractivity contribution in [2.24, 2.45) is 10.3 Å². The van der Waals surface area contributed by atoms with Gasteiger partial charge in [-0.1, -0.05) is 15.3 Å². The Morgan fingerprint density at radius 1 is 1.16 bits per heavy atom. The summed E-state index contributed by atoms with van der Waals surface area (Å²) >= 11 is 0.